The highest BCUT2D eigenvalue weighted by Crippen LogP contribution is 2.16. The van der Waals surface area contributed by atoms with Crippen molar-refractivity contribution in [3.05, 3.63) is 0 Å². The van der Waals surface area contributed by atoms with Crippen LogP contribution in [0.25, 0.3) is 0 Å². The number of nitrogens with one attached hydrogen (secondary N) is 1. The molecule has 6 heteroatoms. The molecule has 2 atom stereocenters. The molecule has 1 fully saturated rings. The smallest absolute Gasteiger partial charge is 0.261 e. The highest BCUT2D eigenvalue weighted by Gasteiger charge is 2.21. The first-order valence-electron chi connectivity index (χ1n) is 6.50. The van der Waals surface area contributed by atoms with Crippen LogP contribution in [-0.2, 0) is 9.53 Å². The standard InChI is InChI=1S/C12H22F2N2O2/c13-11(14)8-18-7-6-12(17)16-10-5-3-1-2-4-9(10)15/h9-11H,1-8,15H2,(H,16,17). The highest BCUT2D eigenvalue weighted by molar-refractivity contribution is 5.76. The molecule has 4 nitrogen and oxygen atoms in total. The third-order valence-electron chi connectivity index (χ3n) is 3.13. The average molecular weight is 264 g/mol. The van der Waals surface area contributed by atoms with Gasteiger partial charge in [-0.15, -0.1) is 0 Å². The maximum absolute atomic E-state index is 11.8. The topological polar surface area (TPSA) is 64.3 Å². The van der Waals surface area contributed by atoms with Crippen LogP contribution in [0.5, 0.6) is 0 Å². The van der Waals surface area contributed by atoms with Crippen LogP contribution in [0.1, 0.15) is 38.5 Å². The van der Waals surface area contributed by atoms with Crippen molar-refractivity contribution >= 4 is 5.91 Å². The zero-order valence-electron chi connectivity index (χ0n) is 10.5. The molecule has 0 aliphatic heterocycles. The van der Waals surface area contributed by atoms with Crippen LogP contribution in [0.2, 0.25) is 0 Å². The fraction of sp³-hybridized carbons (Fsp3) is 0.917. The number of ether oxygens (including phenoxy) is 1. The van der Waals surface area contributed by atoms with Gasteiger partial charge in [0.15, 0.2) is 0 Å². The minimum Gasteiger partial charge on any atom is -0.375 e. The van der Waals surface area contributed by atoms with E-state index in [2.05, 4.69) is 10.1 Å². The third-order valence-corrected chi connectivity index (χ3v) is 3.13. The van der Waals surface area contributed by atoms with Crippen LogP contribution in [0.4, 0.5) is 8.78 Å². The van der Waals surface area contributed by atoms with E-state index in [1.165, 1.54) is 0 Å². The van der Waals surface area contributed by atoms with E-state index in [0.29, 0.717) is 0 Å². The summed E-state index contributed by atoms with van der Waals surface area (Å²) in [6.07, 6.45) is 2.76. The Morgan fingerprint density at radius 1 is 1.33 bits per heavy atom. The fourth-order valence-electron chi connectivity index (χ4n) is 2.13. The lowest BCUT2D eigenvalue weighted by Gasteiger charge is -2.22. The Bertz CT molecular complexity index is 252. The average Bonchev–Trinajstić information content (AvgIpc) is 2.50. The molecule has 0 spiro atoms. The van der Waals surface area contributed by atoms with Crippen molar-refractivity contribution in [3.63, 3.8) is 0 Å². The molecule has 0 saturated heterocycles. The third kappa shape index (κ3) is 6.26. The van der Waals surface area contributed by atoms with Crippen molar-refractivity contribution in [2.24, 2.45) is 5.73 Å². The summed E-state index contributed by atoms with van der Waals surface area (Å²) in [4.78, 5) is 11.6. The van der Waals surface area contributed by atoms with Gasteiger partial charge in [-0.25, -0.2) is 8.78 Å². The van der Waals surface area contributed by atoms with Gasteiger partial charge in [0.1, 0.15) is 6.61 Å². The van der Waals surface area contributed by atoms with Crippen LogP contribution in [0, 0.1) is 0 Å². The van der Waals surface area contributed by atoms with Crippen LogP contribution in [0.3, 0.4) is 0 Å². The predicted molar refractivity (Wildman–Crippen MR) is 64.4 cm³/mol. The van der Waals surface area contributed by atoms with E-state index in [1.54, 1.807) is 0 Å². The van der Waals surface area contributed by atoms with Gasteiger partial charge in [-0.05, 0) is 12.8 Å². The molecular formula is C12H22F2N2O2. The molecule has 0 aromatic heterocycles. The molecule has 18 heavy (non-hydrogen) atoms. The Hall–Kier alpha value is -0.750. The number of amides is 1. The van der Waals surface area contributed by atoms with E-state index < -0.39 is 13.0 Å². The number of hydrogen-bond acceptors (Lipinski definition) is 3. The lowest BCUT2D eigenvalue weighted by molar-refractivity contribution is -0.123. The van der Waals surface area contributed by atoms with Crippen molar-refractivity contribution < 1.29 is 18.3 Å². The lowest BCUT2D eigenvalue weighted by Crippen LogP contribution is -2.47. The minimum absolute atomic E-state index is 0.00145. The Labute approximate surface area is 106 Å². The first kappa shape index (κ1) is 15.3. The molecule has 0 aromatic rings. The van der Waals surface area contributed by atoms with Crippen LogP contribution in [0.15, 0.2) is 0 Å². The van der Waals surface area contributed by atoms with Gasteiger partial charge >= 0.3 is 0 Å². The van der Waals surface area contributed by atoms with Gasteiger partial charge in [-0.3, -0.25) is 4.79 Å². The van der Waals surface area contributed by atoms with Gasteiger partial charge in [0.2, 0.25) is 5.91 Å². The normalized spacial score (nSPS) is 24.9. The highest BCUT2D eigenvalue weighted by atomic mass is 19.3. The second-order valence-corrected chi connectivity index (χ2v) is 4.69. The molecule has 1 rings (SSSR count). The summed E-state index contributed by atoms with van der Waals surface area (Å²) in [6.45, 7) is -0.589. The van der Waals surface area contributed by atoms with Gasteiger partial charge in [0.25, 0.3) is 6.43 Å². The van der Waals surface area contributed by atoms with E-state index in [0.717, 1.165) is 32.1 Å². The van der Waals surface area contributed by atoms with Gasteiger partial charge in [0.05, 0.1) is 6.61 Å². The number of halogens is 2. The Kier molecular flexibility index (Phi) is 7.12. The van der Waals surface area contributed by atoms with E-state index in [4.69, 9.17) is 5.73 Å². The summed E-state index contributed by atoms with van der Waals surface area (Å²) >= 11 is 0. The molecule has 1 amide bonds. The van der Waals surface area contributed by atoms with Crippen LogP contribution in [-0.4, -0.2) is 37.6 Å². The van der Waals surface area contributed by atoms with Gasteiger partial charge in [-0.2, -0.15) is 0 Å². The summed E-state index contributed by atoms with van der Waals surface area (Å²) in [5, 5.41) is 2.87. The zero-order valence-corrected chi connectivity index (χ0v) is 10.5. The Morgan fingerprint density at radius 3 is 2.78 bits per heavy atom. The molecule has 3 N–H and O–H groups in total. The summed E-state index contributed by atoms with van der Waals surface area (Å²) in [5.41, 5.74) is 5.98. The Balaban J connectivity index is 2.17. The Morgan fingerprint density at radius 2 is 2.06 bits per heavy atom. The molecule has 106 valence electrons. The van der Waals surface area contributed by atoms with Crippen molar-refractivity contribution in [2.75, 3.05) is 13.2 Å². The molecule has 0 heterocycles. The molecule has 2 unspecified atom stereocenters. The molecule has 0 bridgehead atoms. The van der Waals surface area contributed by atoms with E-state index >= 15 is 0 Å². The predicted octanol–water partition coefficient (Wildman–Crippen LogP) is 1.43. The second kappa shape index (κ2) is 8.37. The van der Waals surface area contributed by atoms with Gasteiger partial charge in [0, 0.05) is 18.5 Å². The number of alkyl halides is 2. The van der Waals surface area contributed by atoms with Crippen LogP contribution >= 0.6 is 0 Å². The summed E-state index contributed by atoms with van der Waals surface area (Å²) in [7, 11) is 0. The van der Waals surface area contributed by atoms with E-state index in [9.17, 15) is 13.6 Å². The maximum Gasteiger partial charge on any atom is 0.261 e. The monoisotopic (exact) mass is 264 g/mol. The fourth-order valence-corrected chi connectivity index (χ4v) is 2.13. The van der Waals surface area contributed by atoms with Gasteiger partial charge < -0.3 is 15.8 Å². The SMILES string of the molecule is NC1CCCCCC1NC(=O)CCOCC(F)F. The van der Waals surface area contributed by atoms with E-state index in [1.807, 2.05) is 0 Å². The van der Waals surface area contributed by atoms with Crippen molar-refractivity contribution in [2.45, 2.75) is 57.0 Å². The number of carbonyl (C=O) groups is 1. The summed E-state index contributed by atoms with van der Waals surface area (Å²) in [6, 6.07) is 0.00790. The largest absolute Gasteiger partial charge is 0.375 e. The molecule has 0 aromatic carbocycles. The summed E-state index contributed by atoms with van der Waals surface area (Å²) < 4.78 is 28.2. The zero-order chi connectivity index (χ0) is 13.4. The first-order valence-corrected chi connectivity index (χ1v) is 6.50. The number of nitrogens with two attached hydrogens (primary N) is 1. The molecule has 1 aliphatic rings. The molecule has 1 aliphatic carbocycles. The maximum atomic E-state index is 11.8. The molecular weight excluding hydrogens is 242 g/mol. The van der Waals surface area contributed by atoms with Gasteiger partial charge in [-0.1, -0.05) is 19.3 Å². The first-order chi connectivity index (χ1) is 8.59. The molecule has 0 radical (unpaired) electrons. The number of rotatable bonds is 6. The second-order valence-electron chi connectivity index (χ2n) is 4.69. The number of hydrogen-bond donors (Lipinski definition) is 2. The van der Waals surface area contributed by atoms with E-state index in [-0.39, 0.29) is 31.0 Å². The molecule has 1 saturated carbocycles. The minimum atomic E-state index is -2.48. The van der Waals surface area contributed by atoms with Crippen molar-refractivity contribution in [3.8, 4) is 0 Å². The van der Waals surface area contributed by atoms with Crippen molar-refractivity contribution in [1.82, 2.24) is 5.32 Å². The van der Waals surface area contributed by atoms with Crippen LogP contribution < -0.4 is 11.1 Å². The quantitative estimate of drug-likeness (QED) is 0.563. The van der Waals surface area contributed by atoms with Crippen molar-refractivity contribution in [1.29, 1.82) is 0 Å². The summed E-state index contributed by atoms with van der Waals surface area (Å²) in [5.74, 6) is -0.174. The lowest BCUT2D eigenvalue weighted by atomic mass is 10.0. The number of carbonyl (C=O) groups excluding carboxylic acids is 1.